The molecule has 0 saturated carbocycles. The van der Waals surface area contributed by atoms with Gasteiger partial charge in [0.1, 0.15) is 12.1 Å². The maximum Gasteiger partial charge on any atom is 0.326 e. The quantitative estimate of drug-likeness (QED) is 0.180. The summed E-state index contributed by atoms with van der Waals surface area (Å²) in [4.78, 5) is 57.2. The van der Waals surface area contributed by atoms with Crippen LogP contribution in [0, 0.1) is 5.92 Å². The van der Waals surface area contributed by atoms with Gasteiger partial charge in [-0.25, -0.2) is 4.79 Å². The Morgan fingerprint density at radius 3 is 2.07 bits per heavy atom. The van der Waals surface area contributed by atoms with Crippen LogP contribution in [0.2, 0.25) is 0 Å². The topological polar surface area (TPSA) is 188 Å². The molecule has 0 fully saturated rings. The molecule has 11 nitrogen and oxygen atoms in total. The summed E-state index contributed by atoms with van der Waals surface area (Å²) >= 11 is 3.95. The smallest absolute Gasteiger partial charge is 0.326 e. The van der Waals surface area contributed by atoms with E-state index in [0.717, 1.165) is 0 Å². The van der Waals surface area contributed by atoms with E-state index in [1.807, 2.05) is 0 Å². The van der Waals surface area contributed by atoms with E-state index in [-0.39, 0.29) is 24.5 Å². The van der Waals surface area contributed by atoms with Gasteiger partial charge < -0.3 is 31.9 Å². The molecule has 0 spiro atoms. The molecule has 3 unspecified atom stereocenters. The summed E-state index contributed by atoms with van der Waals surface area (Å²) in [5.74, 6) is -4.87. The van der Waals surface area contributed by atoms with Crippen LogP contribution in [0.1, 0.15) is 26.7 Å². The Labute approximate surface area is 161 Å². The van der Waals surface area contributed by atoms with Gasteiger partial charge in [-0.1, -0.05) is 13.8 Å². The Bertz CT molecular complexity index is 570. The van der Waals surface area contributed by atoms with E-state index in [4.69, 9.17) is 15.9 Å². The van der Waals surface area contributed by atoms with E-state index < -0.39 is 54.3 Å². The third-order valence-corrected chi connectivity index (χ3v) is 3.86. The molecule has 27 heavy (non-hydrogen) atoms. The Hall–Kier alpha value is -2.34. The van der Waals surface area contributed by atoms with Crippen LogP contribution in [0.3, 0.4) is 0 Å². The minimum Gasteiger partial charge on any atom is -0.481 e. The molecule has 0 rings (SSSR count). The Morgan fingerprint density at radius 2 is 1.63 bits per heavy atom. The Kier molecular flexibility index (Phi) is 11.1. The Balaban J connectivity index is 4.55. The second kappa shape index (κ2) is 12.1. The molecule has 3 amide bonds. The van der Waals surface area contributed by atoms with Crippen LogP contribution >= 0.6 is 12.6 Å². The number of hydrogen-bond donors (Lipinski definition) is 7. The third-order valence-electron chi connectivity index (χ3n) is 3.49. The van der Waals surface area contributed by atoms with Gasteiger partial charge in [-0.15, -0.1) is 0 Å². The molecule has 0 aliphatic heterocycles. The van der Waals surface area contributed by atoms with Gasteiger partial charge in [-0.3, -0.25) is 19.2 Å². The number of nitrogens with one attached hydrogen (secondary N) is 3. The van der Waals surface area contributed by atoms with Crippen LogP contribution in [-0.4, -0.2) is 70.3 Å². The average Bonchev–Trinajstić information content (AvgIpc) is 2.58. The first-order chi connectivity index (χ1) is 12.5. The van der Waals surface area contributed by atoms with Crippen molar-refractivity contribution in [3.8, 4) is 0 Å². The van der Waals surface area contributed by atoms with Crippen molar-refractivity contribution >= 4 is 42.3 Å². The van der Waals surface area contributed by atoms with Crippen LogP contribution in [0.25, 0.3) is 0 Å². The zero-order valence-corrected chi connectivity index (χ0v) is 16.0. The first-order valence-corrected chi connectivity index (χ1v) is 8.81. The summed E-state index contributed by atoms with van der Waals surface area (Å²) in [5, 5.41) is 24.5. The predicted octanol–water partition coefficient (Wildman–Crippen LogP) is -2.07. The van der Waals surface area contributed by atoms with Gasteiger partial charge >= 0.3 is 11.9 Å². The second-order valence-corrected chi connectivity index (χ2v) is 6.49. The van der Waals surface area contributed by atoms with Crippen molar-refractivity contribution in [1.29, 1.82) is 0 Å². The van der Waals surface area contributed by atoms with Gasteiger partial charge in [0.15, 0.2) is 0 Å². The number of carbonyl (C=O) groups is 5. The molecule has 0 saturated heterocycles. The molecule has 0 aliphatic rings. The molecular formula is C15H26N4O7S. The molecule has 0 aliphatic carbocycles. The maximum absolute atomic E-state index is 12.1. The highest BCUT2D eigenvalue weighted by Crippen LogP contribution is 2.01. The van der Waals surface area contributed by atoms with Crippen molar-refractivity contribution in [1.82, 2.24) is 16.0 Å². The van der Waals surface area contributed by atoms with Gasteiger partial charge in [0.25, 0.3) is 0 Å². The van der Waals surface area contributed by atoms with Gasteiger partial charge in [0, 0.05) is 12.2 Å². The highest BCUT2D eigenvalue weighted by molar-refractivity contribution is 7.80. The van der Waals surface area contributed by atoms with Gasteiger partial charge in [-0.05, 0) is 12.3 Å². The monoisotopic (exact) mass is 406 g/mol. The molecule has 7 N–H and O–H groups in total. The first-order valence-electron chi connectivity index (χ1n) is 8.18. The third kappa shape index (κ3) is 9.80. The van der Waals surface area contributed by atoms with E-state index in [2.05, 4.69) is 28.6 Å². The number of hydrogen-bond acceptors (Lipinski definition) is 7. The number of amides is 3. The number of carboxylic acids is 2. The average molecular weight is 406 g/mol. The minimum absolute atomic E-state index is 0.0887. The minimum atomic E-state index is -1.19. The fourth-order valence-electron chi connectivity index (χ4n) is 1.91. The molecule has 12 heteroatoms. The Morgan fingerprint density at radius 1 is 1.04 bits per heavy atom. The van der Waals surface area contributed by atoms with E-state index >= 15 is 0 Å². The van der Waals surface area contributed by atoms with E-state index in [0.29, 0.717) is 0 Å². The van der Waals surface area contributed by atoms with E-state index in [1.165, 1.54) is 0 Å². The van der Waals surface area contributed by atoms with Gasteiger partial charge in [0.05, 0.1) is 12.6 Å². The number of rotatable bonds is 12. The molecular weight excluding hydrogens is 380 g/mol. The predicted molar refractivity (Wildman–Crippen MR) is 98.0 cm³/mol. The fraction of sp³-hybridized carbons (Fsp3) is 0.667. The fourth-order valence-corrected chi connectivity index (χ4v) is 2.17. The number of carboxylic acid groups (broad SMARTS) is 2. The van der Waals surface area contributed by atoms with Gasteiger partial charge in [-0.2, -0.15) is 12.6 Å². The standard InChI is InChI=1S/C15H26N4O7S/c1-7(2)12(15(25)26)19-10(20)5-17-14(24)9(6-27)18-13(23)8(16)3-4-11(21)22/h7-9,12,27H,3-6,16H2,1-2H3,(H,17,24)(H,18,23)(H,19,20)(H,21,22)(H,25,26). The van der Waals surface area contributed by atoms with Crippen LogP contribution in [0.15, 0.2) is 0 Å². The van der Waals surface area contributed by atoms with Crippen molar-refractivity contribution in [2.75, 3.05) is 12.3 Å². The summed E-state index contributed by atoms with van der Waals surface area (Å²) in [6, 6.07) is -3.30. The number of thiol groups is 1. The summed E-state index contributed by atoms with van der Waals surface area (Å²) in [6.07, 6.45) is -0.399. The summed E-state index contributed by atoms with van der Waals surface area (Å²) in [7, 11) is 0. The lowest BCUT2D eigenvalue weighted by molar-refractivity contribution is -0.143. The zero-order valence-electron chi connectivity index (χ0n) is 15.1. The van der Waals surface area contributed by atoms with Crippen LogP contribution in [-0.2, 0) is 24.0 Å². The second-order valence-electron chi connectivity index (χ2n) is 6.13. The maximum atomic E-state index is 12.1. The van der Waals surface area contributed by atoms with Crippen molar-refractivity contribution in [2.24, 2.45) is 11.7 Å². The van der Waals surface area contributed by atoms with Crippen LogP contribution in [0.5, 0.6) is 0 Å². The molecule has 0 aromatic carbocycles. The van der Waals surface area contributed by atoms with Gasteiger partial charge in [0.2, 0.25) is 17.7 Å². The van der Waals surface area contributed by atoms with Crippen molar-refractivity contribution < 1.29 is 34.2 Å². The number of carbonyl (C=O) groups excluding carboxylic acids is 3. The van der Waals surface area contributed by atoms with E-state index in [1.54, 1.807) is 13.8 Å². The largest absolute Gasteiger partial charge is 0.481 e. The lowest BCUT2D eigenvalue weighted by atomic mass is 10.1. The summed E-state index contributed by atoms with van der Waals surface area (Å²) in [5.41, 5.74) is 5.55. The SMILES string of the molecule is CC(C)C(NC(=O)CNC(=O)C(CS)NC(=O)C(N)CCC(=O)O)C(=O)O. The van der Waals surface area contributed by atoms with Crippen LogP contribution < -0.4 is 21.7 Å². The highest BCUT2D eigenvalue weighted by atomic mass is 32.1. The summed E-state index contributed by atoms with van der Waals surface area (Å²) < 4.78 is 0. The highest BCUT2D eigenvalue weighted by Gasteiger charge is 2.25. The molecule has 0 heterocycles. The molecule has 0 aromatic heterocycles. The molecule has 0 bridgehead atoms. The van der Waals surface area contributed by atoms with Crippen LogP contribution in [0.4, 0.5) is 0 Å². The lowest BCUT2D eigenvalue weighted by Crippen LogP contribution is -2.54. The van der Waals surface area contributed by atoms with Crippen molar-refractivity contribution in [3.63, 3.8) is 0 Å². The molecule has 3 atom stereocenters. The zero-order chi connectivity index (χ0) is 21.1. The number of aliphatic carboxylic acids is 2. The molecule has 0 radical (unpaired) electrons. The summed E-state index contributed by atoms with van der Waals surface area (Å²) in [6.45, 7) is 2.76. The number of nitrogens with two attached hydrogens (primary N) is 1. The normalized spacial score (nSPS) is 14.0. The lowest BCUT2D eigenvalue weighted by Gasteiger charge is -2.20. The van der Waals surface area contributed by atoms with Crippen molar-refractivity contribution in [3.05, 3.63) is 0 Å². The molecule has 0 aromatic rings. The van der Waals surface area contributed by atoms with E-state index in [9.17, 15) is 24.0 Å². The first kappa shape index (κ1) is 24.7. The molecule has 154 valence electrons. The van der Waals surface area contributed by atoms with Crippen molar-refractivity contribution in [2.45, 2.75) is 44.8 Å².